The molecule has 1 amide bonds. The van der Waals surface area contributed by atoms with Crippen LogP contribution in [0.2, 0.25) is 0 Å². The third-order valence-electron chi connectivity index (χ3n) is 5.12. The van der Waals surface area contributed by atoms with Gasteiger partial charge in [0.2, 0.25) is 10.0 Å². The summed E-state index contributed by atoms with van der Waals surface area (Å²) in [5.74, 6) is -1.43. The van der Waals surface area contributed by atoms with Crippen LogP contribution >= 0.6 is 0 Å². The third kappa shape index (κ3) is 5.85. The van der Waals surface area contributed by atoms with E-state index in [9.17, 15) is 18.0 Å². The van der Waals surface area contributed by atoms with Gasteiger partial charge in [-0.15, -0.1) is 0 Å². The summed E-state index contributed by atoms with van der Waals surface area (Å²) < 4.78 is 33.5. The summed E-state index contributed by atoms with van der Waals surface area (Å²) in [5, 5.41) is 7.14. The Balaban J connectivity index is 1.54. The Morgan fingerprint density at radius 2 is 1.70 bits per heavy atom. The van der Waals surface area contributed by atoms with Crippen LogP contribution in [0.4, 0.5) is 5.69 Å². The molecule has 174 valence electrons. The van der Waals surface area contributed by atoms with Gasteiger partial charge >= 0.3 is 5.97 Å². The molecule has 1 aromatic heterocycles. The number of nitrogens with zero attached hydrogens (tertiary/aromatic N) is 2. The van der Waals surface area contributed by atoms with E-state index in [0.717, 1.165) is 22.5 Å². The minimum Gasteiger partial charge on any atom is -0.455 e. The van der Waals surface area contributed by atoms with Crippen molar-refractivity contribution in [2.75, 3.05) is 18.5 Å². The highest BCUT2D eigenvalue weighted by atomic mass is 32.2. The first-order chi connectivity index (χ1) is 15.6. The number of carbonyl (C=O) groups is 2. The number of rotatable bonds is 8. The van der Waals surface area contributed by atoms with Crippen LogP contribution in [-0.4, -0.2) is 43.2 Å². The van der Waals surface area contributed by atoms with E-state index in [-0.39, 0.29) is 4.90 Å². The zero-order valence-corrected chi connectivity index (χ0v) is 19.7. The van der Waals surface area contributed by atoms with Gasteiger partial charge in [0, 0.05) is 0 Å². The maximum atomic E-state index is 12.4. The molecule has 0 atom stereocenters. The predicted octanol–water partition coefficient (Wildman–Crippen LogP) is 2.57. The highest BCUT2D eigenvalue weighted by molar-refractivity contribution is 7.89. The first-order valence-electron chi connectivity index (χ1n) is 10.2. The second-order valence-electron chi connectivity index (χ2n) is 7.57. The molecule has 0 bridgehead atoms. The maximum Gasteiger partial charge on any atom is 0.321 e. The molecule has 0 aliphatic rings. The molecule has 0 saturated heterocycles. The minimum absolute atomic E-state index is 0.0533. The van der Waals surface area contributed by atoms with Crippen molar-refractivity contribution in [1.29, 1.82) is 0 Å². The number of hydrogen-bond acceptors (Lipinski definition) is 6. The van der Waals surface area contributed by atoms with E-state index in [4.69, 9.17) is 4.74 Å². The lowest BCUT2D eigenvalue weighted by molar-refractivity contribution is -0.146. The number of anilines is 1. The SMILES string of the molecule is Cc1ccc(S(=O)(=O)NCC(=O)OCC(=O)Nc2c(C)nn(-c3ccccc3)c2C)cc1C. The summed E-state index contributed by atoms with van der Waals surface area (Å²) in [6.45, 7) is 6.10. The summed E-state index contributed by atoms with van der Waals surface area (Å²) in [5.41, 5.74) is 4.48. The van der Waals surface area contributed by atoms with Gasteiger partial charge in [-0.1, -0.05) is 24.3 Å². The zero-order valence-electron chi connectivity index (χ0n) is 18.9. The van der Waals surface area contributed by atoms with E-state index in [1.54, 1.807) is 24.6 Å². The van der Waals surface area contributed by atoms with Crippen molar-refractivity contribution < 1.29 is 22.7 Å². The van der Waals surface area contributed by atoms with Gasteiger partial charge < -0.3 is 10.1 Å². The number of sulfonamides is 1. The van der Waals surface area contributed by atoms with Gasteiger partial charge in [0.15, 0.2) is 6.61 Å². The Kier molecular flexibility index (Phi) is 7.29. The molecule has 0 spiro atoms. The number of aromatic nitrogens is 2. The molecule has 3 aromatic rings. The zero-order chi connectivity index (χ0) is 24.2. The van der Waals surface area contributed by atoms with Gasteiger partial charge in [0.25, 0.3) is 5.91 Å². The van der Waals surface area contributed by atoms with Crippen molar-refractivity contribution in [1.82, 2.24) is 14.5 Å². The Morgan fingerprint density at radius 1 is 1.00 bits per heavy atom. The molecular weight excluding hydrogens is 444 g/mol. The first kappa shape index (κ1) is 24.1. The maximum absolute atomic E-state index is 12.4. The number of aryl methyl sites for hydroxylation is 3. The van der Waals surface area contributed by atoms with Crippen molar-refractivity contribution in [2.24, 2.45) is 0 Å². The van der Waals surface area contributed by atoms with Crippen molar-refractivity contribution in [3.63, 3.8) is 0 Å². The number of amides is 1. The minimum atomic E-state index is -3.88. The van der Waals surface area contributed by atoms with Crippen LogP contribution in [0.25, 0.3) is 5.69 Å². The van der Waals surface area contributed by atoms with Gasteiger partial charge in [-0.25, -0.2) is 13.1 Å². The molecular formula is C23H26N4O5S. The molecule has 0 saturated carbocycles. The highest BCUT2D eigenvalue weighted by Crippen LogP contribution is 2.22. The molecule has 10 heteroatoms. The summed E-state index contributed by atoms with van der Waals surface area (Å²) in [6, 6.07) is 14.1. The fourth-order valence-electron chi connectivity index (χ4n) is 3.14. The third-order valence-corrected chi connectivity index (χ3v) is 6.51. The molecule has 0 radical (unpaired) electrons. The number of nitrogens with one attached hydrogen (secondary N) is 2. The number of carbonyl (C=O) groups excluding carboxylic acids is 2. The Labute approximate surface area is 192 Å². The van der Waals surface area contributed by atoms with E-state index in [2.05, 4.69) is 15.1 Å². The first-order valence-corrected chi connectivity index (χ1v) is 11.7. The van der Waals surface area contributed by atoms with Crippen molar-refractivity contribution in [2.45, 2.75) is 32.6 Å². The number of para-hydroxylation sites is 1. The molecule has 2 N–H and O–H groups in total. The quantitative estimate of drug-likeness (QED) is 0.489. The summed E-state index contributed by atoms with van der Waals surface area (Å²) in [7, 11) is -3.88. The standard InChI is InChI=1S/C23H26N4O5S/c1-15-10-11-20(12-16(15)2)33(30,31)24-13-22(29)32-14-21(28)25-23-17(3)26-27(18(23)4)19-8-6-5-7-9-19/h5-12,24H,13-14H2,1-4H3,(H,25,28). The van der Waals surface area contributed by atoms with Gasteiger partial charge in [-0.3, -0.25) is 9.59 Å². The van der Waals surface area contributed by atoms with E-state index < -0.39 is 35.1 Å². The van der Waals surface area contributed by atoms with E-state index in [0.29, 0.717) is 11.4 Å². The fraction of sp³-hybridized carbons (Fsp3) is 0.261. The number of hydrogen-bond donors (Lipinski definition) is 2. The number of esters is 1. The fourth-order valence-corrected chi connectivity index (χ4v) is 4.19. The lowest BCUT2D eigenvalue weighted by Crippen LogP contribution is -2.32. The Hall–Kier alpha value is -3.50. The second kappa shape index (κ2) is 9.97. The second-order valence-corrected chi connectivity index (χ2v) is 9.34. The van der Waals surface area contributed by atoms with Gasteiger partial charge in [0.05, 0.1) is 27.7 Å². The molecule has 3 rings (SSSR count). The Morgan fingerprint density at radius 3 is 2.36 bits per heavy atom. The van der Waals surface area contributed by atoms with Crippen LogP contribution < -0.4 is 10.0 Å². The van der Waals surface area contributed by atoms with E-state index in [1.165, 1.54) is 12.1 Å². The van der Waals surface area contributed by atoms with Crippen LogP contribution in [0.15, 0.2) is 53.4 Å². The molecule has 0 unspecified atom stereocenters. The van der Waals surface area contributed by atoms with Crippen LogP contribution in [0.5, 0.6) is 0 Å². The summed E-state index contributed by atoms with van der Waals surface area (Å²) in [6.07, 6.45) is 0. The van der Waals surface area contributed by atoms with Gasteiger partial charge in [-0.05, 0) is 63.1 Å². The van der Waals surface area contributed by atoms with Gasteiger partial charge in [0.1, 0.15) is 6.54 Å². The van der Waals surface area contributed by atoms with E-state index in [1.807, 2.05) is 44.2 Å². The van der Waals surface area contributed by atoms with Crippen molar-refractivity contribution in [3.8, 4) is 5.69 Å². The molecule has 0 fully saturated rings. The monoisotopic (exact) mass is 470 g/mol. The highest BCUT2D eigenvalue weighted by Gasteiger charge is 2.19. The van der Waals surface area contributed by atoms with Crippen LogP contribution in [-0.2, 0) is 24.3 Å². The summed E-state index contributed by atoms with van der Waals surface area (Å²) in [4.78, 5) is 24.3. The van der Waals surface area contributed by atoms with Gasteiger partial charge in [-0.2, -0.15) is 9.82 Å². The molecule has 1 heterocycles. The van der Waals surface area contributed by atoms with Crippen LogP contribution in [0.1, 0.15) is 22.5 Å². The average Bonchev–Trinajstić information content (AvgIpc) is 3.07. The molecule has 0 aliphatic carbocycles. The van der Waals surface area contributed by atoms with Crippen LogP contribution in [0.3, 0.4) is 0 Å². The number of ether oxygens (including phenoxy) is 1. The largest absolute Gasteiger partial charge is 0.455 e. The summed E-state index contributed by atoms with van der Waals surface area (Å²) >= 11 is 0. The normalized spacial score (nSPS) is 11.3. The average molecular weight is 471 g/mol. The number of benzene rings is 2. The molecule has 2 aromatic carbocycles. The topological polar surface area (TPSA) is 119 Å². The molecule has 33 heavy (non-hydrogen) atoms. The van der Waals surface area contributed by atoms with Crippen LogP contribution in [0, 0.1) is 27.7 Å². The molecule has 9 nitrogen and oxygen atoms in total. The predicted molar refractivity (Wildman–Crippen MR) is 124 cm³/mol. The van der Waals surface area contributed by atoms with Crippen molar-refractivity contribution >= 4 is 27.6 Å². The lowest BCUT2D eigenvalue weighted by atomic mass is 10.1. The van der Waals surface area contributed by atoms with Crippen molar-refractivity contribution in [3.05, 3.63) is 71.0 Å². The smallest absolute Gasteiger partial charge is 0.321 e. The molecule has 0 aliphatic heterocycles. The Bertz CT molecular complexity index is 1280. The van der Waals surface area contributed by atoms with E-state index >= 15 is 0 Å². The lowest BCUT2D eigenvalue weighted by Gasteiger charge is -2.10.